The average Bonchev–Trinajstić information content (AvgIpc) is 3.62. The molecule has 1 aromatic carbocycles. The molecule has 5 rings (SSSR count). The monoisotopic (exact) mass is 498 g/mol. The highest BCUT2D eigenvalue weighted by molar-refractivity contribution is 5.95. The lowest BCUT2D eigenvalue weighted by Crippen LogP contribution is -2.36. The Morgan fingerprint density at radius 2 is 2.03 bits per heavy atom. The van der Waals surface area contributed by atoms with E-state index in [4.69, 9.17) is 9.26 Å². The van der Waals surface area contributed by atoms with Crippen LogP contribution in [0.4, 0.5) is 4.39 Å². The Morgan fingerprint density at radius 3 is 2.75 bits per heavy atom. The summed E-state index contributed by atoms with van der Waals surface area (Å²) in [5, 5.41) is 16.5. The van der Waals surface area contributed by atoms with E-state index < -0.39 is 29.7 Å². The first kappa shape index (κ1) is 24.4. The zero-order chi connectivity index (χ0) is 25.4. The molecule has 3 atom stereocenters. The molecule has 3 aromatic rings. The summed E-state index contributed by atoms with van der Waals surface area (Å²) in [4.78, 5) is 32.6. The van der Waals surface area contributed by atoms with Crippen molar-refractivity contribution in [1.82, 2.24) is 20.4 Å². The maximum Gasteiger partial charge on any atom is 0.309 e. The van der Waals surface area contributed by atoms with E-state index in [0.717, 1.165) is 25.7 Å². The van der Waals surface area contributed by atoms with Crippen molar-refractivity contribution in [3.8, 4) is 0 Å². The van der Waals surface area contributed by atoms with Gasteiger partial charge in [0, 0.05) is 5.92 Å². The number of carbonyl (C=O) groups is 2. The predicted octanol–water partition coefficient (Wildman–Crippen LogP) is 4.36. The van der Waals surface area contributed by atoms with Crippen molar-refractivity contribution in [3.05, 3.63) is 46.9 Å². The molecule has 0 spiro atoms. The third-order valence-corrected chi connectivity index (χ3v) is 7.78. The second-order valence-electron chi connectivity index (χ2n) is 10.1. The number of amides is 1. The van der Waals surface area contributed by atoms with Crippen LogP contribution in [0.25, 0.3) is 11.0 Å². The SMILES string of the molecule is CCc1nocc1C(=O)N[C@H](c1nc2c(F)c(C3COCC3C(=O)O)ccc2[nH]1)C1CCC(C)CC1. The number of fused-ring (bicyclic) bond motifs is 1. The number of hydrogen-bond acceptors (Lipinski definition) is 6. The smallest absolute Gasteiger partial charge is 0.309 e. The third kappa shape index (κ3) is 4.50. The zero-order valence-electron chi connectivity index (χ0n) is 20.4. The maximum absolute atomic E-state index is 15.7. The molecule has 36 heavy (non-hydrogen) atoms. The Balaban J connectivity index is 1.49. The Hall–Kier alpha value is -3.27. The summed E-state index contributed by atoms with van der Waals surface area (Å²) in [5.41, 5.74) is 1.89. The molecule has 1 amide bonds. The van der Waals surface area contributed by atoms with Crippen molar-refractivity contribution in [1.29, 1.82) is 0 Å². The highest BCUT2D eigenvalue weighted by Crippen LogP contribution is 2.38. The molecule has 0 radical (unpaired) electrons. The fraction of sp³-hybridized carbons (Fsp3) is 0.538. The number of rotatable bonds is 7. The number of carboxylic acids is 1. The van der Waals surface area contributed by atoms with Gasteiger partial charge in [0.2, 0.25) is 0 Å². The van der Waals surface area contributed by atoms with Crippen LogP contribution < -0.4 is 5.32 Å². The number of carboxylic acid groups (broad SMARTS) is 1. The van der Waals surface area contributed by atoms with Gasteiger partial charge in [0.15, 0.2) is 5.82 Å². The van der Waals surface area contributed by atoms with E-state index >= 15 is 4.39 Å². The van der Waals surface area contributed by atoms with Crippen LogP contribution in [0.2, 0.25) is 0 Å². The van der Waals surface area contributed by atoms with Crippen molar-refractivity contribution in [3.63, 3.8) is 0 Å². The predicted molar refractivity (Wildman–Crippen MR) is 128 cm³/mol. The van der Waals surface area contributed by atoms with Crippen LogP contribution >= 0.6 is 0 Å². The van der Waals surface area contributed by atoms with Crippen molar-refractivity contribution in [2.24, 2.45) is 17.8 Å². The van der Waals surface area contributed by atoms with Gasteiger partial charge in [0.1, 0.15) is 23.2 Å². The Bertz CT molecular complexity index is 1260. The fourth-order valence-corrected chi connectivity index (χ4v) is 5.56. The Kier molecular flexibility index (Phi) is 6.79. The molecule has 2 aliphatic rings. The van der Waals surface area contributed by atoms with Gasteiger partial charge in [-0.15, -0.1) is 0 Å². The number of halogens is 1. The van der Waals surface area contributed by atoms with Crippen molar-refractivity contribution >= 4 is 22.9 Å². The molecule has 2 fully saturated rings. The molecule has 0 bridgehead atoms. The number of H-pyrrole nitrogens is 1. The molecule has 2 aromatic heterocycles. The van der Waals surface area contributed by atoms with E-state index in [1.807, 2.05) is 6.92 Å². The number of aliphatic carboxylic acids is 1. The summed E-state index contributed by atoms with van der Waals surface area (Å²) >= 11 is 0. The maximum atomic E-state index is 15.7. The van der Waals surface area contributed by atoms with Crippen LogP contribution in [0.3, 0.4) is 0 Å². The number of aromatic nitrogens is 3. The average molecular weight is 499 g/mol. The number of hydrogen-bond donors (Lipinski definition) is 3. The van der Waals surface area contributed by atoms with Gasteiger partial charge in [-0.1, -0.05) is 37.9 Å². The van der Waals surface area contributed by atoms with Gasteiger partial charge >= 0.3 is 5.97 Å². The molecule has 10 heteroatoms. The molecule has 1 aliphatic heterocycles. The number of ether oxygens (including phenoxy) is 1. The van der Waals surface area contributed by atoms with Crippen LogP contribution in [-0.2, 0) is 16.0 Å². The van der Waals surface area contributed by atoms with Crippen LogP contribution in [-0.4, -0.2) is 45.3 Å². The number of carbonyl (C=O) groups excluding carboxylic acids is 1. The molecule has 1 saturated carbocycles. The minimum absolute atomic E-state index is 0.0557. The Labute approximate surface area is 207 Å². The lowest BCUT2D eigenvalue weighted by molar-refractivity contribution is -0.142. The first-order valence-electron chi connectivity index (χ1n) is 12.6. The number of imidazole rings is 1. The van der Waals surface area contributed by atoms with Gasteiger partial charge in [-0.05, 0) is 42.7 Å². The summed E-state index contributed by atoms with van der Waals surface area (Å²) in [5.74, 6) is -2.00. The fourth-order valence-electron chi connectivity index (χ4n) is 5.56. The minimum Gasteiger partial charge on any atom is -0.481 e. The quantitative estimate of drug-likeness (QED) is 0.441. The van der Waals surface area contributed by atoms with Crippen LogP contribution in [0.1, 0.15) is 78.9 Å². The molecule has 3 heterocycles. The summed E-state index contributed by atoms with van der Waals surface area (Å²) in [6.07, 6.45) is 5.83. The van der Waals surface area contributed by atoms with E-state index in [0.29, 0.717) is 34.9 Å². The molecular weight excluding hydrogens is 467 g/mol. The largest absolute Gasteiger partial charge is 0.481 e. The van der Waals surface area contributed by atoms with E-state index in [-0.39, 0.29) is 36.1 Å². The first-order valence-corrected chi connectivity index (χ1v) is 12.6. The topological polar surface area (TPSA) is 130 Å². The highest BCUT2D eigenvalue weighted by atomic mass is 19.1. The second-order valence-corrected chi connectivity index (χ2v) is 10.1. The molecule has 1 aliphatic carbocycles. The summed E-state index contributed by atoms with van der Waals surface area (Å²) < 4.78 is 26.0. The van der Waals surface area contributed by atoms with Gasteiger partial charge in [-0.2, -0.15) is 0 Å². The molecular formula is C26H31FN4O5. The number of nitrogens with zero attached hydrogens (tertiary/aromatic N) is 2. The molecule has 1 saturated heterocycles. The van der Waals surface area contributed by atoms with E-state index in [9.17, 15) is 14.7 Å². The van der Waals surface area contributed by atoms with Crippen molar-refractivity contribution < 1.29 is 28.3 Å². The molecule has 192 valence electrons. The minimum atomic E-state index is -1.01. The summed E-state index contributed by atoms with van der Waals surface area (Å²) in [7, 11) is 0. The molecule has 3 N–H and O–H groups in total. The van der Waals surface area contributed by atoms with Gasteiger partial charge in [0.25, 0.3) is 5.91 Å². The van der Waals surface area contributed by atoms with Crippen LogP contribution in [0.5, 0.6) is 0 Å². The van der Waals surface area contributed by atoms with Crippen LogP contribution in [0.15, 0.2) is 22.9 Å². The number of nitrogens with one attached hydrogen (secondary N) is 2. The van der Waals surface area contributed by atoms with E-state index in [1.165, 1.54) is 6.26 Å². The molecule has 2 unspecified atom stereocenters. The third-order valence-electron chi connectivity index (χ3n) is 7.78. The molecule has 9 nitrogen and oxygen atoms in total. The lowest BCUT2D eigenvalue weighted by Gasteiger charge is -2.32. The van der Waals surface area contributed by atoms with E-state index in [1.54, 1.807) is 12.1 Å². The second kappa shape index (κ2) is 10.0. The van der Waals surface area contributed by atoms with E-state index in [2.05, 4.69) is 27.4 Å². The van der Waals surface area contributed by atoms with Crippen LogP contribution in [0, 0.1) is 23.6 Å². The highest BCUT2D eigenvalue weighted by Gasteiger charge is 2.38. The van der Waals surface area contributed by atoms with Crippen molar-refractivity contribution in [2.45, 2.75) is 57.9 Å². The number of benzene rings is 1. The van der Waals surface area contributed by atoms with Gasteiger partial charge < -0.3 is 24.7 Å². The van der Waals surface area contributed by atoms with Gasteiger partial charge in [-0.3, -0.25) is 9.59 Å². The normalized spacial score (nSPS) is 25.2. The van der Waals surface area contributed by atoms with Gasteiger partial charge in [-0.25, -0.2) is 9.37 Å². The van der Waals surface area contributed by atoms with Crippen molar-refractivity contribution in [2.75, 3.05) is 13.2 Å². The Morgan fingerprint density at radius 1 is 1.25 bits per heavy atom. The summed E-state index contributed by atoms with van der Waals surface area (Å²) in [6, 6.07) is 2.88. The lowest BCUT2D eigenvalue weighted by atomic mass is 9.79. The standard InChI is InChI=1S/C26H31FN4O5/c1-3-19-18(12-36-31-19)25(32)30-22(14-6-4-13(2)5-7-14)24-28-20-9-8-15(21(27)23(20)29-24)16-10-35-11-17(16)26(33)34/h8-9,12-14,16-17,22H,3-7,10-11H2,1-2H3,(H,28,29)(H,30,32)(H,33,34)/t13?,14?,16?,17?,22-/m0/s1. The zero-order valence-corrected chi connectivity index (χ0v) is 20.4. The van der Waals surface area contributed by atoms with Gasteiger partial charge in [0.05, 0.1) is 36.4 Å². The summed E-state index contributed by atoms with van der Waals surface area (Å²) in [6.45, 7) is 4.33. The number of aryl methyl sites for hydroxylation is 1. The first-order chi connectivity index (χ1) is 17.4. The number of aromatic amines is 1.